The molecule has 0 aromatic heterocycles. The molecule has 2 aromatic rings. The third kappa shape index (κ3) is 6.67. The van der Waals surface area contributed by atoms with Crippen molar-refractivity contribution in [2.75, 3.05) is 44.2 Å². The SMILES string of the molecule is CC(NC(=O)c1ccc(Cl)cc1)C(=O)NCCCN1CCN(c2ccccc2F)CC1. The molecule has 0 bridgehead atoms. The number of amides is 2. The van der Waals surface area contributed by atoms with Crippen molar-refractivity contribution < 1.29 is 14.0 Å². The van der Waals surface area contributed by atoms with Gasteiger partial charge >= 0.3 is 0 Å². The van der Waals surface area contributed by atoms with Crippen molar-refractivity contribution in [2.24, 2.45) is 0 Å². The Morgan fingerprint density at radius 3 is 2.42 bits per heavy atom. The highest BCUT2D eigenvalue weighted by molar-refractivity contribution is 6.30. The minimum atomic E-state index is -0.632. The number of nitrogens with one attached hydrogen (secondary N) is 2. The maximum atomic E-state index is 13.9. The highest BCUT2D eigenvalue weighted by Crippen LogP contribution is 2.20. The van der Waals surface area contributed by atoms with Gasteiger partial charge in [0.05, 0.1) is 5.69 Å². The molecule has 0 saturated carbocycles. The topological polar surface area (TPSA) is 64.7 Å². The molecule has 3 rings (SSSR count). The van der Waals surface area contributed by atoms with Gasteiger partial charge in [-0.15, -0.1) is 0 Å². The van der Waals surface area contributed by atoms with Crippen molar-refractivity contribution in [1.29, 1.82) is 0 Å². The van der Waals surface area contributed by atoms with Crippen LogP contribution in [0, 0.1) is 5.82 Å². The first-order chi connectivity index (χ1) is 14.9. The molecule has 1 heterocycles. The zero-order valence-corrected chi connectivity index (χ0v) is 18.4. The van der Waals surface area contributed by atoms with E-state index >= 15 is 0 Å². The molecule has 0 aliphatic carbocycles. The molecule has 1 unspecified atom stereocenters. The third-order valence-electron chi connectivity index (χ3n) is 5.36. The van der Waals surface area contributed by atoms with Crippen LogP contribution in [0.2, 0.25) is 5.02 Å². The summed E-state index contributed by atoms with van der Waals surface area (Å²) in [5, 5.41) is 6.11. The van der Waals surface area contributed by atoms with Crippen LogP contribution in [0.3, 0.4) is 0 Å². The summed E-state index contributed by atoms with van der Waals surface area (Å²) in [6.45, 7) is 6.32. The van der Waals surface area contributed by atoms with Gasteiger partial charge in [0.25, 0.3) is 5.91 Å². The Bertz CT molecular complexity index is 885. The predicted molar refractivity (Wildman–Crippen MR) is 121 cm³/mol. The second-order valence-electron chi connectivity index (χ2n) is 7.63. The molecule has 2 aromatic carbocycles. The van der Waals surface area contributed by atoms with Gasteiger partial charge < -0.3 is 15.5 Å². The number of hydrogen-bond donors (Lipinski definition) is 2. The van der Waals surface area contributed by atoms with Crippen molar-refractivity contribution in [1.82, 2.24) is 15.5 Å². The van der Waals surface area contributed by atoms with Gasteiger partial charge in [-0.25, -0.2) is 4.39 Å². The Labute approximate surface area is 187 Å². The van der Waals surface area contributed by atoms with Crippen molar-refractivity contribution >= 4 is 29.1 Å². The Balaban J connectivity index is 1.32. The number of halogens is 2. The summed E-state index contributed by atoms with van der Waals surface area (Å²) in [7, 11) is 0. The van der Waals surface area contributed by atoms with Crippen LogP contribution in [0.25, 0.3) is 0 Å². The predicted octanol–water partition coefficient (Wildman–Crippen LogP) is 2.93. The summed E-state index contributed by atoms with van der Waals surface area (Å²) in [6, 6.07) is 12.7. The van der Waals surface area contributed by atoms with Gasteiger partial charge in [-0.3, -0.25) is 14.5 Å². The highest BCUT2D eigenvalue weighted by Gasteiger charge is 2.19. The molecule has 2 amide bonds. The minimum absolute atomic E-state index is 0.184. The van der Waals surface area contributed by atoms with Gasteiger partial charge in [0.1, 0.15) is 11.9 Å². The van der Waals surface area contributed by atoms with Gasteiger partial charge in [-0.05, 0) is 56.3 Å². The van der Waals surface area contributed by atoms with Crippen molar-refractivity contribution in [2.45, 2.75) is 19.4 Å². The molecular formula is C23H28ClFN4O2. The normalized spacial score (nSPS) is 15.4. The van der Waals surface area contributed by atoms with Gasteiger partial charge in [0, 0.05) is 43.3 Å². The van der Waals surface area contributed by atoms with Crippen LogP contribution in [0.1, 0.15) is 23.7 Å². The Kier molecular flexibility index (Phi) is 8.26. The summed E-state index contributed by atoms with van der Waals surface area (Å²) in [6.07, 6.45) is 0.809. The van der Waals surface area contributed by atoms with Crippen LogP contribution in [0.5, 0.6) is 0 Å². The van der Waals surface area contributed by atoms with E-state index in [9.17, 15) is 14.0 Å². The number of carbonyl (C=O) groups is 2. The molecule has 1 aliphatic rings. The standard InChI is InChI=1S/C23H28ClFN4O2/c1-17(27-23(31)18-7-9-19(24)10-8-18)22(30)26-11-4-12-28-13-15-29(16-14-28)21-6-3-2-5-20(21)25/h2-3,5-10,17H,4,11-16H2,1H3,(H,26,30)(H,27,31). The molecule has 8 heteroatoms. The van der Waals surface area contributed by atoms with Crippen LogP contribution in [-0.2, 0) is 4.79 Å². The van der Waals surface area contributed by atoms with Gasteiger partial charge in [-0.2, -0.15) is 0 Å². The Hall–Kier alpha value is -2.64. The molecule has 1 atom stereocenters. The molecule has 1 saturated heterocycles. The van der Waals surface area contributed by atoms with E-state index in [4.69, 9.17) is 11.6 Å². The molecule has 1 fully saturated rings. The summed E-state index contributed by atoms with van der Waals surface area (Å²) < 4.78 is 13.9. The second kappa shape index (κ2) is 11.1. The largest absolute Gasteiger partial charge is 0.367 e. The van der Waals surface area contributed by atoms with E-state index in [-0.39, 0.29) is 17.6 Å². The number of anilines is 1. The first kappa shape index (κ1) is 23.0. The Morgan fingerprint density at radius 2 is 1.74 bits per heavy atom. The van der Waals surface area contributed by atoms with Crippen molar-refractivity contribution in [3.05, 3.63) is 64.9 Å². The Morgan fingerprint density at radius 1 is 1.06 bits per heavy atom. The highest BCUT2D eigenvalue weighted by atomic mass is 35.5. The first-order valence-corrected chi connectivity index (χ1v) is 10.9. The molecule has 0 spiro atoms. The van der Waals surface area contributed by atoms with Crippen LogP contribution in [0.4, 0.5) is 10.1 Å². The van der Waals surface area contributed by atoms with E-state index in [1.807, 2.05) is 12.1 Å². The number of para-hydroxylation sites is 1. The lowest BCUT2D eigenvalue weighted by Crippen LogP contribution is -2.48. The molecule has 6 nitrogen and oxygen atoms in total. The van der Waals surface area contributed by atoms with Crippen LogP contribution in [-0.4, -0.2) is 62.0 Å². The number of carbonyl (C=O) groups excluding carboxylic acids is 2. The average Bonchev–Trinajstić information content (AvgIpc) is 2.77. The summed E-state index contributed by atoms with van der Waals surface area (Å²) >= 11 is 5.82. The van der Waals surface area contributed by atoms with E-state index in [0.29, 0.717) is 22.8 Å². The number of hydrogen-bond acceptors (Lipinski definition) is 4. The number of rotatable bonds is 8. The van der Waals surface area contributed by atoms with Crippen LogP contribution in [0.15, 0.2) is 48.5 Å². The molecule has 1 aliphatic heterocycles. The van der Waals surface area contributed by atoms with Gasteiger partial charge in [-0.1, -0.05) is 23.7 Å². The lowest BCUT2D eigenvalue weighted by atomic mass is 10.2. The number of benzene rings is 2. The fourth-order valence-corrected chi connectivity index (χ4v) is 3.66. The number of nitrogens with zero attached hydrogens (tertiary/aromatic N) is 2. The number of piperazine rings is 1. The van der Waals surface area contributed by atoms with Gasteiger partial charge in [0.15, 0.2) is 0 Å². The maximum absolute atomic E-state index is 13.9. The van der Waals surface area contributed by atoms with Crippen LogP contribution < -0.4 is 15.5 Å². The summed E-state index contributed by atoms with van der Waals surface area (Å²) in [5.74, 6) is -0.713. The van der Waals surface area contributed by atoms with Crippen LogP contribution >= 0.6 is 11.6 Å². The fourth-order valence-electron chi connectivity index (χ4n) is 3.53. The zero-order chi connectivity index (χ0) is 22.2. The van der Waals surface area contributed by atoms with Crippen molar-refractivity contribution in [3.63, 3.8) is 0 Å². The monoisotopic (exact) mass is 446 g/mol. The van der Waals surface area contributed by atoms with E-state index < -0.39 is 6.04 Å². The minimum Gasteiger partial charge on any atom is -0.367 e. The van der Waals surface area contributed by atoms with Gasteiger partial charge in [0.2, 0.25) is 5.91 Å². The molecule has 2 N–H and O–H groups in total. The second-order valence-corrected chi connectivity index (χ2v) is 8.06. The van der Waals surface area contributed by atoms with Crippen molar-refractivity contribution in [3.8, 4) is 0 Å². The lowest BCUT2D eigenvalue weighted by Gasteiger charge is -2.36. The molecule has 166 valence electrons. The van der Waals surface area contributed by atoms with E-state index in [0.717, 1.165) is 39.1 Å². The smallest absolute Gasteiger partial charge is 0.251 e. The molecule has 31 heavy (non-hydrogen) atoms. The first-order valence-electron chi connectivity index (χ1n) is 10.5. The fraction of sp³-hybridized carbons (Fsp3) is 0.391. The summed E-state index contributed by atoms with van der Waals surface area (Å²) in [5.41, 5.74) is 1.11. The van der Waals surface area contributed by atoms with E-state index in [1.54, 1.807) is 37.3 Å². The summed E-state index contributed by atoms with van der Waals surface area (Å²) in [4.78, 5) is 28.8. The molecular weight excluding hydrogens is 419 g/mol. The zero-order valence-electron chi connectivity index (χ0n) is 17.6. The average molecular weight is 447 g/mol. The van der Waals surface area contributed by atoms with E-state index in [2.05, 4.69) is 20.4 Å². The maximum Gasteiger partial charge on any atom is 0.251 e. The quantitative estimate of drug-likeness (QED) is 0.612. The molecule has 0 radical (unpaired) electrons. The lowest BCUT2D eigenvalue weighted by molar-refractivity contribution is -0.122. The van der Waals surface area contributed by atoms with E-state index in [1.165, 1.54) is 6.07 Å². The third-order valence-corrected chi connectivity index (χ3v) is 5.62.